The van der Waals surface area contributed by atoms with Crippen molar-refractivity contribution in [2.75, 3.05) is 19.3 Å². The lowest BCUT2D eigenvalue weighted by atomic mass is 9.96. The van der Waals surface area contributed by atoms with Crippen LogP contribution >= 0.6 is 11.8 Å². The number of Topliss-reactive ketones (excluding diaryl/α,β-unsaturated/α-hetero) is 2. The quantitative estimate of drug-likeness (QED) is 0.242. The molecule has 2 aliphatic heterocycles. The van der Waals surface area contributed by atoms with Crippen LogP contribution in [0, 0.1) is 0 Å². The molecule has 2 saturated heterocycles. The molecule has 0 aromatic rings. The van der Waals surface area contributed by atoms with Crippen LogP contribution in [0.15, 0.2) is 0 Å². The van der Waals surface area contributed by atoms with Gasteiger partial charge in [-0.15, -0.1) is 0 Å². The van der Waals surface area contributed by atoms with Crippen LogP contribution in [0.5, 0.6) is 0 Å². The van der Waals surface area contributed by atoms with Crippen molar-refractivity contribution in [2.45, 2.75) is 55.1 Å². The maximum atomic E-state index is 12.1. The predicted octanol–water partition coefficient (Wildman–Crippen LogP) is -1.28. The molecular weight excluding hydrogens is 330 g/mol. The third kappa shape index (κ3) is 4.69. The van der Waals surface area contributed by atoms with E-state index >= 15 is 0 Å². The summed E-state index contributed by atoms with van der Waals surface area (Å²) >= 11 is 1.86. The molecule has 9 heteroatoms. The van der Waals surface area contributed by atoms with Gasteiger partial charge in [-0.3, -0.25) is 9.59 Å². The number of nitrogens with two attached hydrogens (primary N) is 2. The van der Waals surface area contributed by atoms with Crippen LogP contribution in [0.25, 0.3) is 0 Å². The monoisotopic (exact) mass is 357 g/mol. The van der Waals surface area contributed by atoms with Crippen LogP contribution in [0.3, 0.4) is 0 Å². The fourth-order valence-electron chi connectivity index (χ4n) is 3.15. The number of ketones is 2. The Hall–Kier alpha value is -1.16. The Labute approximate surface area is 146 Å². The van der Waals surface area contributed by atoms with Crippen LogP contribution in [-0.2, 0) is 9.59 Å². The zero-order valence-electron chi connectivity index (χ0n) is 13.9. The average molecular weight is 357 g/mol. The van der Waals surface area contributed by atoms with Gasteiger partial charge in [0.05, 0.1) is 30.7 Å². The summed E-state index contributed by atoms with van der Waals surface area (Å²) in [5.41, 5.74) is 11.5. The van der Waals surface area contributed by atoms with Crippen molar-refractivity contribution < 1.29 is 14.4 Å². The van der Waals surface area contributed by atoms with Crippen molar-refractivity contribution in [3.05, 3.63) is 0 Å². The predicted molar refractivity (Wildman–Crippen MR) is 93.8 cm³/mol. The maximum absolute atomic E-state index is 12.1. The summed E-state index contributed by atoms with van der Waals surface area (Å²) in [6.07, 6.45) is 2.88. The highest BCUT2D eigenvalue weighted by atomic mass is 32.2. The SMILES string of the molecule is CNCC(=O)C(N)C(N)C(=O)CCCC[C@@H]1SC[C@@H]2NC(=O)N[C@@H]21. The second-order valence-corrected chi connectivity index (χ2v) is 7.65. The van der Waals surface area contributed by atoms with Gasteiger partial charge < -0.3 is 27.4 Å². The number of hydrogen-bond acceptors (Lipinski definition) is 7. The van der Waals surface area contributed by atoms with Crippen molar-refractivity contribution in [3.8, 4) is 0 Å². The number of likely N-dealkylation sites (N-methyl/N-ethyl adjacent to an activating group) is 1. The lowest BCUT2D eigenvalue weighted by molar-refractivity contribution is -0.126. The summed E-state index contributed by atoms with van der Waals surface area (Å²) in [7, 11) is 1.64. The Morgan fingerprint density at radius 3 is 2.67 bits per heavy atom. The molecule has 8 nitrogen and oxygen atoms in total. The highest BCUT2D eigenvalue weighted by Crippen LogP contribution is 2.33. The molecule has 2 unspecified atom stereocenters. The normalized spacial score (nSPS) is 28.0. The molecule has 2 rings (SSSR count). The Bertz CT molecular complexity index is 490. The number of rotatable bonds is 10. The van der Waals surface area contributed by atoms with E-state index in [9.17, 15) is 14.4 Å². The number of amides is 2. The molecule has 0 aromatic carbocycles. The zero-order chi connectivity index (χ0) is 17.7. The van der Waals surface area contributed by atoms with Crippen LogP contribution < -0.4 is 27.4 Å². The molecule has 5 atom stereocenters. The summed E-state index contributed by atoms with van der Waals surface area (Å²) in [5.74, 6) is 0.510. The van der Waals surface area contributed by atoms with Crippen LogP contribution in [0.2, 0.25) is 0 Å². The molecule has 2 heterocycles. The Morgan fingerprint density at radius 1 is 1.25 bits per heavy atom. The first-order chi connectivity index (χ1) is 11.4. The largest absolute Gasteiger partial charge is 0.332 e. The van der Waals surface area contributed by atoms with Gasteiger partial charge in [0.25, 0.3) is 0 Å². The van der Waals surface area contributed by atoms with Gasteiger partial charge >= 0.3 is 6.03 Å². The van der Waals surface area contributed by atoms with Crippen molar-refractivity contribution >= 4 is 29.4 Å². The highest BCUT2D eigenvalue weighted by Gasteiger charge is 2.42. The summed E-state index contributed by atoms with van der Waals surface area (Å²) in [5, 5.41) is 8.97. The molecule has 136 valence electrons. The number of thioether (sulfide) groups is 1. The number of carbonyl (C=O) groups excluding carboxylic acids is 3. The van der Waals surface area contributed by atoms with Gasteiger partial charge in [0, 0.05) is 17.4 Å². The van der Waals surface area contributed by atoms with E-state index in [1.54, 1.807) is 7.05 Å². The van der Waals surface area contributed by atoms with E-state index in [0.29, 0.717) is 11.7 Å². The third-order valence-corrected chi connectivity index (χ3v) is 6.09. The number of unbranched alkanes of at least 4 members (excludes halogenated alkanes) is 1. The number of hydrogen-bond donors (Lipinski definition) is 5. The molecule has 24 heavy (non-hydrogen) atoms. The van der Waals surface area contributed by atoms with E-state index in [2.05, 4.69) is 16.0 Å². The van der Waals surface area contributed by atoms with Crippen LogP contribution in [-0.4, -0.2) is 66.4 Å². The molecule has 2 aliphatic rings. The number of urea groups is 1. The van der Waals surface area contributed by atoms with Gasteiger partial charge in [0.2, 0.25) is 0 Å². The molecule has 2 amide bonds. The Morgan fingerprint density at radius 2 is 1.96 bits per heavy atom. The first kappa shape index (κ1) is 19.2. The fourth-order valence-corrected chi connectivity index (χ4v) is 4.69. The average Bonchev–Trinajstić information content (AvgIpc) is 3.09. The molecule has 0 radical (unpaired) electrons. The number of fused-ring (bicyclic) bond motifs is 1. The van der Waals surface area contributed by atoms with E-state index in [0.717, 1.165) is 25.0 Å². The highest BCUT2D eigenvalue weighted by molar-refractivity contribution is 8.00. The minimum atomic E-state index is -0.948. The minimum Gasteiger partial charge on any atom is -0.332 e. The van der Waals surface area contributed by atoms with Gasteiger partial charge in [0.1, 0.15) is 0 Å². The second kappa shape index (κ2) is 8.80. The van der Waals surface area contributed by atoms with Crippen molar-refractivity contribution in [2.24, 2.45) is 11.5 Å². The smallest absolute Gasteiger partial charge is 0.315 e. The van der Waals surface area contributed by atoms with E-state index in [1.165, 1.54) is 0 Å². The molecule has 0 aliphatic carbocycles. The zero-order valence-corrected chi connectivity index (χ0v) is 14.7. The summed E-state index contributed by atoms with van der Waals surface area (Å²) < 4.78 is 0. The van der Waals surface area contributed by atoms with Gasteiger partial charge in [-0.25, -0.2) is 4.79 Å². The fraction of sp³-hybridized carbons (Fsp3) is 0.800. The summed E-state index contributed by atoms with van der Waals surface area (Å²) in [6, 6.07) is -1.56. The van der Waals surface area contributed by atoms with Gasteiger partial charge in [-0.2, -0.15) is 11.8 Å². The van der Waals surface area contributed by atoms with E-state index < -0.39 is 12.1 Å². The maximum Gasteiger partial charge on any atom is 0.315 e. The molecular formula is C15H27N5O3S. The Kier molecular flexibility index (Phi) is 7.02. The summed E-state index contributed by atoms with van der Waals surface area (Å²) in [6.45, 7) is 0.114. The first-order valence-electron chi connectivity index (χ1n) is 8.34. The van der Waals surface area contributed by atoms with E-state index in [4.69, 9.17) is 11.5 Å². The van der Waals surface area contributed by atoms with Crippen molar-refractivity contribution in [1.82, 2.24) is 16.0 Å². The molecule has 0 saturated carbocycles. The third-order valence-electron chi connectivity index (χ3n) is 4.58. The van der Waals surface area contributed by atoms with Gasteiger partial charge in [-0.05, 0) is 19.9 Å². The van der Waals surface area contributed by atoms with Crippen LogP contribution in [0.4, 0.5) is 4.79 Å². The number of nitrogens with one attached hydrogen (secondary N) is 3. The molecule has 0 bridgehead atoms. The van der Waals surface area contributed by atoms with Crippen molar-refractivity contribution in [1.29, 1.82) is 0 Å². The van der Waals surface area contributed by atoms with E-state index in [1.807, 2.05) is 11.8 Å². The molecule has 0 spiro atoms. The second-order valence-electron chi connectivity index (χ2n) is 6.38. The standard InChI is InChI=1S/C15H27N5O3S/c1-18-6-10(22)13(17)12(16)9(21)4-2-3-5-11-14-8(7-24-11)19-15(23)20-14/h8,11-14,18H,2-7,16-17H2,1H3,(H2,19,20,23)/t8-,11-,12?,13?,14-/m0/s1. The first-order valence-corrected chi connectivity index (χ1v) is 9.38. The molecule has 0 aromatic heterocycles. The van der Waals surface area contributed by atoms with Gasteiger partial charge in [-0.1, -0.05) is 6.42 Å². The molecule has 7 N–H and O–H groups in total. The van der Waals surface area contributed by atoms with Crippen molar-refractivity contribution in [3.63, 3.8) is 0 Å². The van der Waals surface area contributed by atoms with Crippen LogP contribution in [0.1, 0.15) is 25.7 Å². The summed E-state index contributed by atoms with van der Waals surface area (Å²) in [4.78, 5) is 35.1. The Balaban J connectivity index is 1.66. The lowest BCUT2D eigenvalue weighted by Crippen LogP contribution is -2.53. The lowest BCUT2D eigenvalue weighted by Gasteiger charge is -2.18. The number of carbonyl (C=O) groups is 3. The molecule has 2 fully saturated rings. The van der Waals surface area contributed by atoms with Gasteiger partial charge in [0.15, 0.2) is 11.6 Å². The minimum absolute atomic E-state index is 0.0864. The topological polar surface area (TPSA) is 139 Å². The van der Waals surface area contributed by atoms with E-state index in [-0.39, 0.29) is 36.2 Å².